The van der Waals surface area contributed by atoms with Crippen molar-refractivity contribution < 1.29 is 146 Å². The second kappa shape index (κ2) is 53.9. The van der Waals surface area contributed by atoms with E-state index >= 15 is 0 Å². The van der Waals surface area contributed by atoms with Crippen LogP contribution in [0.5, 0.6) is 0 Å². The molecular weight excluding hydrogens is 1500 g/mol. The van der Waals surface area contributed by atoms with Crippen LogP contribution in [0.1, 0.15) is 133 Å². The van der Waals surface area contributed by atoms with Crippen molar-refractivity contribution in [3.05, 3.63) is 84.2 Å². The van der Waals surface area contributed by atoms with E-state index in [0.717, 1.165) is 48.0 Å². The van der Waals surface area contributed by atoms with Crippen LogP contribution in [-0.4, -0.2) is 300 Å². The number of hydrogen-bond acceptors (Lipinski definition) is 24. The predicted molar refractivity (Wildman–Crippen MR) is 407 cm³/mol. The third kappa shape index (κ3) is 39.1. The fourth-order valence-electron chi connectivity index (χ4n) is 12.8. The number of ketones is 3. The first-order valence-electron chi connectivity index (χ1n) is 37.9. The van der Waals surface area contributed by atoms with Crippen molar-refractivity contribution in [2.45, 2.75) is 140 Å². The second-order valence-corrected chi connectivity index (χ2v) is 27.6. The summed E-state index contributed by atoms with van der Waals surface area (Å²) >= 11 is 0. The molecule has 0 bridgehead atoms. The molecule has 0 radical (unpaired) electrons. The van der Waals surface area contributed by atoms with Crippen LogP contribution >= 0.6 is 0 Å². The number of benzene rings is 2. The number of aromatic nitrogens is 1. The Morgan fingerprint density at radius 2 is 0.851 bits per heavy atom. The van der Waals surface area contributed by atoms with Crippen LogP contribution in [0, 0.1) is 5.41 Å². The lowest BCUT2D eigenvalue weighted by Gasteiger charge is -2.33. The summed E-state index contributed by atoms with van der Waals surface area (Å²) in [5, 5.41) is 91.5. The minimum absolute atomic E-state index is 0.0341. The monoisotopic (exact) mass is 1610 g/mol. The number of Topliss-reactive ketones (excluding diaryl/α,β-unsaturated/α-hetero) is 3. The third-order valence-corrected chi connectivity index (χ3v) is 18.4. The SMILES string of the molecule is C[n+]1ccc(C=C2C=CN(CCC(=O)NCCOCCOCCOCCC(=O)CC(COCCC(=O)CCCCCC(C(=O)O)N(CC(=O)O)CC(=O)O)(COCCC(=O)CCCCCC(C(=O)O)N(CC(=O)O)CC(=O)O)COCCC(=O)NCCCCC(C(=O)O)N(CC(=O)O)CC(=O)O)c3ccccc32)c2ccccc21. The van der Waals surface area contributed by atoms with Gasteiger partial charge in [-0.2, -0.15) is 0 Å². The van der Waals surface area contributed by atoms with Gasteiger partial charge in [0.05, 0.1) is 124 Å². The van der Waals surface area contributed by atoms with Crippen molar-refractivity contribution in [2.24, 2.45) is 12.5 Å². The third-order valence-electron chi connectivity index (χ3n) is 18.4. The molecule has 36 heteroatoms. The second-order valence-electron chi connectivity index (χ2n) is 27.6. The normalized spacial score (nSPS) is 13.6. The summed E-state index contributed by atoms with van der Waals surface area (Å²) in [5.41, 5.74) is 3.96. The molecule has 630 valence electrons. The maximum Gasteiger partial charge on any atom is 0.320 e. The molecule has 0 spiro atoms. The number of anilines is 1. The predicted octanol–water partition coefficient (Wildman–Crippen LogP) is 3.75. The Hall–Kier alpha value is -10.1. The number of nitrogens with one attached hydrogen (secondary N) is 2. The number of fused-ring (bicyclic) bond motifs is 2. The van der Waals surface area contributed by atoms with Crippen LogP contribution < -0.4 is 20.1 Å². The number of para-hydroxylation sites is 2. The molecule has 2 aromatic carbocycles. The summed E-state index contributed by atoms with van der Waals surface area (Å²) in [7, 11) is 2.02. The summed E-state index contributed by atoms with van der Waals surface area (Å²) < 4.78 is 37.4. The molecule has 0 saturated heterocycles. The zero-order chi connectivity index (χ0) is 83.8. The molecule has 0 saturated carbocycles. The van der Waals surface area contributed by atoms with Gasteiger partial charge in [0.2, 0.25) is 17.3 Å². The topological polar surface area (TPSA) is 517 Å². The molecule has 4 rings (SSSR count). The first kappa shape index (κ1) is 96.3. The summed E-state index contributed by atoms with van der Waals surface area (Å²) in [4.78, 5) is 175. The van der Waals surface area contributed by atoms with Crippen molar-refractivity contribution in [1.82, 2.24) is 25.3 Å². The minimum atomic E-state index is -1.44. The number of amides is 2. The van der Waals surface area contributed by atoms with Gasteiger partial charge >= 0.3 is 53.7 Å². The lowest BCUT2D eigenvalue weighted by molar-refractivity contribution is -0.644. The highest BCUT2D eigenvalue weighted by Gasteiger charge is 2.36. The van der Waals surface area contributed by atoms with Gasteiger partial charge in [-0.25, -0.2) is 4.57 Å². The average Bonchev–Trinajstić information content (AvgIpc) is 0.786. The molecule has 114 heavy (non-hydrogen) atoms. The lowest BCUT2D eigenvalue weighted by Crippen LogP contribution is -2.46. The van der Waals surface area contributed by atoms with E-state index < -0.39 is 122 Å². The number of hydrogen-bond donors (Lipinski definition) is 11. The van der Waals surface area contributed by atoms with Crippen molar-refractivity contribution in [3.8, 4) is 0 Å². The molecule has 3 aromatic rings. The molecule has 2 heterocycles. The van der Waals surface area contributed by atoms with Gasteiger partial charge in [0.15, 0.2) is 6.20 Å². The highest BCUT2D eigenvalue weighted by atomic mass is 16.5. The Bertz CT molecular complexity index is 3470. The molecular formula is C78H110N7O29+. The number of nitrogens with zero attached hydrogens (tertiary/aromatic N) is 5. The van der Waals surface area contributed by atoms with Crippen molar-refractivity contribution >= 4 is 111 Å². The molecule has 0 fully saturated rings. The highest BCUT2D eigenvalue weighted by molar-refractivity contribution is 5.99. The van der Waals surface area contributed by atoms with Gasteiger partial charge in [0.25, 0.3) is 0 Å². The summed E-state index contributed by atoms with van der Waals surface area (Å²) in [6, 6.07) is 14.1. The smallest absolute Gasteiger partial charge is 0.320 e. The van der Waals surface area contributed by atoms with Crippen LogP contribution in [-0.2, 0) is 103 Å². The molecule has 36 nitrogen and oxygen atoms in total. The fraction of sp³-hybridized carbons (Fsp3) is 0.577. The van der Waals surface area contributed by atoms with Crippen LogP contribution in [0.2, 0.25) is 0 Å². The molecule has 3 unspecified atom stereocenters. The summed E-state index contributed by atoms with van der Waals surface area (Å²) in [6.07, 6.45) is 9.47. The van der Waals surface area contributed by atoms with Crippen LogP contribution in [0.3, 0.4) is 0 Å². The number of aryl methyl sites for hydroxylation is 1. The number of carboxylic acids is 9. The maximum atomic E-state index is 14.0. The van der Waals surface area contributed by atoms with E-state index in [0.29, 0.717) is 32.2 Å². The average molecular weight is 1610 g/mol. The largest absolute Gasteiger partial charge is 0.480 e. The maximum absolute atomic E-state index is 14.0. The Labute approximate surface area is 659 Å². The molecule has 3 atom stereocenters. The number of carbonyl (C=O) groups is 14. The molecule has 1 aliphatic heterocycles. The Morgan fingerprint density at radius 1 is 0.439 bits per heavy atom. The minimum Gasteiger partial charge on any atom is -0.480 e. The molecule has 2 amide bonds. The first-order chi connectivity index (χ1) is 54.5. The van der Waals surface area contributed by atoms with Gasteiger partial charge in [-0.1, -0.05) is 56.0 Å². The van der Waals surface area contributed by atoms with Crippen LogP contribution in [0.4, 0.5) is 5.69 Å². The number of aliphatic carboxylic acids is 9. The zero-order valence-electron chi connectivity index (χ0n) is 64.4. The molecule has 1 aliphatic rings. The fourth-order valence-corrected chi connectivity index (χ4v) is 12.8. The van der Waals surface area contributed by atoms with E-state index in [1.807, 2.05) is 49.8 Å². The van der Waals surface area contributed by atoms with Gasteiger partial charge in [0.1, 0.15) is 42.5 Å². The van der Waals surface area contributed by atoms with E-state index in [9.17, 15) is 113 Å². The van der Waals surface area contributed by atoms with E-state index in [2.05, 4.69) is 56.5 Å². The quantitative estimate of drug-likeness (QED) is 0.0283. The number of rotatable bonds is 68. The first-order valence-corrected chi connectivity index (χ1v) is 37.9. The van der Waals surface area contributed by atoms with Gasteiger partial charge < -0.3 is 89.9 Å². The number of carboxylic acid groups (broad SMARTS) is 9. The van der Waals surface area contributed by atoms with E-state index in [1.54, 1.807) is 0 Å². The van der Waals surface area contributed by atoms with E-state index in [-0.39, 0.29) is 212 Å². The Kier molecular flexibility index (Phi) is 45.5. The highest BCUT2D eigenvalue weighted by Crippen LogP contribution is 2.35. The number of unbranched alkanes of at least 4 members (excludes halogenated alkanes) is 5. The standard InChI is InChI=1S/C78H109N7O29/c1-81-32-23-55(60-16-8-10-18-62(60)81)44-56-24-33-82(63-19-11-9-17-61(56)63)34-25-67(89)80-31-39-110-41-43-111-42-40-109-35-28-59(88)45-78(52-112-36-26-57(86)14-4-2-6-20-64(75(103)104)83(46-69(91)92)47-70(93)94,53-113-37-27-58(87)15-5-3-7-21-65(76(105)106)84(48-71(95)96)49-72(97)98)54-114-38-29-68(90)79-30-13-12-22-66(77(107)108)85(50-73(99)100)51-74(101)102/h8-11,16-19,23-24,32-33,44,64-66H,2-7,12-15,20-22,25-31,34-43,45-54H2,1H3,(H10-,79,80,89,90,91,92,93,94,95,96,97,98,99,100,101,102,103,104,105,106,107,108)/p+1. The number of ether oxygens (including phenoxy) is 6. The molecule has 0 aliphatic carbocycles. The summed E-state index contributed by atoms with van der Waals surface area (Å²) in [6.45, 7) is -4.73. The molecule has 1 aromatic heterocycles. The van der Waals surface area contributed by atoms with Crippen LogP contribution in [0.15, 0.2) is 73.1 Å². The number of pyridine rings is 1. The van der Waals surface area contributed by atoms with Gasteiger partial charge in [0, 0.05) is 106 Å². The molecule has 11 N–H and O–H groups in total. The van der Waals surface area contributed by atoms with Crippen molar-refractivity contribution in [2.75, 3.05) is 143 Å². The van der Waals surface area contributed by atoms with Crippen molar-refractivity contribution in [1.29, 1.82) is 0 Å². The Morgan fingerprint density at radius 3 is 1.34 bits per heavy atom. The van der Waals surface area contributed by atoms with Gasteiger partial charge in [-0.05, 0) is 80.4 Å². The van der Waals surface area contributed by atoms with Crippen molar-refractivity contribution in [3.63, 3.8) is 0 Å². The van der Waals surface area contributed by atoms with E-state index in [4.69, 9.17) is 28.4 Å². The summed E-state index contributed by atoms with van der Waals surface area (Å²) in [5.74, 6) is -14.2. The number of carbonyl (C=O) groups excluding carboxylic acids is 5. The Balaban J connectivity index is 1.34. The number of allylic oxidation sites excluding steroid dienone is 2. The van der Waals surface area contributed by atoms with Gasteiger partial charge in [-0.3, -0.25) is 81.8 Å². The van der Waals surface area contributed by atoms with E-state index in [1.165, 1.54) is 0 Å². The van der Waals surface area contributed by atoms with Crippen LogP contribution in [0.25, 0.3) is 22.6 Å². The lowest BCUT2D eigenvalue weighted by atomic mass is 9.84. The van der Waals surface area contributed by atoms with Gasteiger partial charge in [-0.15, -0.1) is 0 Å². The zero-order valence-corrected chi connectivity index (χ0v) is 64.4.